The van der Waals surface area contributed by atoms with Gasteiger partial charge in [-0.15, -0.1) is 11.3 Å². The summed E-state index contributed by atoms with van der Waals surface area (Å²) in [5.74, 6) is 0.673. The molecule has 0 saturated carbocycles. The van der Waals surface area contributed by atoms with E-state index in [0.717, 1.165) is 50.2 Å². The number of H-pyrrole nitrogens is 1. The first-order valence-corrected chi connectivity index (χ1v) is 10.2. The van der Waals surface area contributed by atoms with Crippen molar-refractivity contribution >= 4 is 43.2 Å². The van der Waals surface area contributed by atoms with E-state index in [1.807, 2.05) is 17.5 Å². The summed E-state index contributed by atoms with van der Waals surface area (Å²) < 4.78 is 1.93. The SMILES string of the molecule is O=c1[nH]c(-c2cccs2)nc2c1CN(Cc1c(Br)cncc1Br)CC2. The lowest BCUT2D eigenvalue weighted by atomic mass is 10.1. The number of hydrogen-bond donors (Lipinski definition) is 1. The van der Waals surface area contributed by atoms with Crippen molar-refractivity contribution in [3.8, 4) is 10.7 Å². The van der Waals surface area contributed by atoms with Gasteiger partial charge in [-0.1, -0.05) is 6.07 Å². The largest absolute Gasteiger partial charge is 0.306 e. The zero-order valence-corrected chi connectivity index (χ0v) is 17.1. The van der Waals surface area contributed by atoms with E-state index in [0.29, 0.717) is 12.4 Å². The molecule has 0 unspecified atom stereocenters. The van der Waals surface area contributed by atoms with Gasteiger partial charge in [0.25, 0.3) is 5.56 Å². The Morgan fingerprint density at radius 2 is 2.08 bits per heavy atom. The minimum atomic E-state index is -0.0361. The molecule has 0 atom stereocenters. The third-order valence-corrected chi connectivity index (χ3v) is 6.48. The summed E-state index contributed by atoms with van der Waals surface area (Å²) in [4.78, 5) is 27.6. The van der Waals surface area contributed by atoms with Crippen LogP contribution in [0.5, 0.6) is 0 Å². The zero-order valence-electron chi connectivity index (χ0n) is 13.1. The van der Waals surface area contributed by atoms with Crippen LogP contribution in [-0.4, -0.2) is 26.4 Å². The van der Waals surface area contributed by atoms with Crippen LogP contribution >= 0.6 is 43.2 Å². The van der Waals surface area contributed by atoms with Gasteiger partial charge in [0.05, 0.1) is 16.1 Å². The van der Waals surface area contributed by atoms with Crippen molar-refractivity contribution in [1.82, 2.24) is 19.9 Å². The smallest absolute Gasteiger partial charge is 0.255 e. The highest BCUT2D eigenvalue weighted by Crippen LogP contribution is 2.27. The predicted octanol–water partition coefficient (Wildman–Crippen LogP) is 3.98. The number of nitrogens with one attached hydrogen (secondary N) is 1. The first kappa shape index (κ1) is 17.1. The maximum atomic E-state index is 12.6. The summed E-state index contributed by atoms with van der Waals surface area (Å²) in [6, 6.07) is 3.94. The van der Waals surface area contributed by atoms with Gasteiger partial charge in [0, 0.05) is 47.4 Å². The molecular formula is C17H14Br2N4OS. The van der Waals surface area contributed by atoms with E-state index >= 15 is 0 Å². The molecule has 1 aliphatic rings. The average Bonchev–Trinajstić information content (AvgIpc) is 3.13. The molecular weight excluding hydrogens is 468 g/mol. The second-order valence-corrected chi connectivity index (χ2v) is 8.52. The maximum Gasteiger partial charge on any atom is 0.255 e. The molecule has 25 heavy (non-hydrogen) atoms. The van der Waals surface area contributed by atoms with Gasteiger partial charge in [-0.2, -0.15) is 0 Å². The Morgan fingerprint density at radius 1 is 1.28 bits per heavy atom. The topological polar surface area (TPSA) is 61.9 Å². The second kappa shape index (κ2) is 7.11. The van der Waals surface area contributed by atoms with Gasteiger partial charge in [-0.3, -0.25) is 14.7 Å². The van der Waals surface area contributed by atoms with Gasteiger partial charge in [0.1, 0.15) is 0 Å². The quantitative estimate of drug-likeness (QED) is 0.614. The summed E-state index contributed by atoms with van der Waals surface area (Å²) in [5, 5.41) is 1.99. The molecule has 3 aromatic rings. The van der Waals surface area contributed by atoms with Gasteiger partial charge in [-0.05, 0) is 48.9 Å². The van der Waals surface area contributed by atoms with Crippen molar-refractivity contribution in [2.24, 2.45) is 0 Å². The van der Waals surface area contributed by atoms with E-state index in [9.17, 15) is 4.79 Å². The number of rotatable bonds is 3. The van der Waals surface area contributed by atoms with E-state index in [1.165, 1.54) is 0 Å². The standard InChI is InChI=1S/C17H14Br2N4OS/c18-12-6-20-7-13(19)10(12)8-23-4-3-14-11(9-23)17(24)22-16(21-14)15-2-1-5-25-15/h1-2,5-7H,3-4,8-9H2,(H,21,22,24). The molecule has 4 rings (SSSR count). The van der Waals surface area contributed by atoms with Crippen LogP contribution in [0.2, 0.25) is 0 Å². The summed E-state index contributed by atoms with van der Waals surface area (Å²) in [5.41, 5.74) is 2.79. The lowest BCUT2D eigenvalue weighted by Gasteiger charge is -2.28. The molecule has 8 heteroatoms. The van der Waals surface area contributed by atoms with Crippen LogP contribution < -0.4 is 5.56 Å². The van der Waals surface area contributed by atoms with Crippen LogP contribution in [0.1, 0.15) is 16.8 Å². The van der Waals surface area contributed by atoms with Crippen molar-refractivity contribution in [2.45, 2.75) is 19.5 Å². The second-order valence-electron chi connectivity index (χ2n) is 5.86. The van der Waals surface area contributed by atoms with Crippen molar-refractivity contribution in [2.75, 3.05) is 6.54 Å². The number of aromatic amines is 1. The van der Waals surface area contributed by atoms with Gasteiger partial charge >= 0.3 is 0 Å². The molecule has 0 saturated heterocycles. The molecule has 4 heterocycles. The Kier molecular flexibility index (Phi) is 4.86. The molecule has 5 nitrogen and oxygen atoms in total. The van der Waals surface area contributed by atoms with E-state index < -0.39 is 0 Å². The highest BCUT2D eigenvalue weighted by Gasteiger charge is 2.23. The fourth-order valence-electron chi connectivity index (χ4n) is 2.96. The number of pyridine rings is 1. The number of aromatic nitrogens is 3. The number of hydrogen-bond acceptors (Lipinski definition) is 5. The van der Waals surface area contributed by atoms with Crippen LogP contribution in [-0.2, 0) is 19.5 Å². The highest BCUT2D eigenvalue weighted by molar-refractivity contribution is 9.11. The van der Waals surface area contributed by atoms with E-state index in [1.54, 1.807) is 23.7 Å². The molecule has 3 aromatic heterocycles. The normalized spacial score (nSPS) is 14.5. The Morgan fingerprint density at radius 3 is 2.80 bits per heavy atom. The lowest BCUT2D eigenvalue weighted by Crippen LogP contribution is -2.35. The van der Waals surface area contributed by atoms with Gasteiger partial charge in [-0.25, -0.2) is 4.98 Å². The molecule has 0 radical (unpaired) electrons. The van der Waals surface area contributed by atoms with Crippen molar-refractivity contribution in [3.63, 3.8) is 0 Å². The van der Waals surface area contributed by atoms with Gasteiger partial charge in [0.15, 0.2) is 5.82 Å². The Hall–Kier alpha value is -1.35. The first-order chi connectivity index (χ1) is 12.1. The fourth-order valence-corrected chi connectivity index (χ4v) is 4.81. The van der Waals surface area contributed by atoms with Crippen LogP contribution in [0.15, 0.2) is 43.6 Å². The average molecular weight is 482 g/mol. The Bertz CT molecular complexity index is 951. The zero-order chi connectivity index (χ0) is 17.4. The summed E-state index contributed by atoms with van der Waals surface area (Å²) in [7, 11) is 0. The van der Waals surface area contributed by atoms with E-state index in [-0.39, 0.29) is 5.56 Å². The van der Waals surface area contributed by atoms with Crippen LogP contribution in [0.3, 0.4) is 0 Å². The number of nitrogens with zero attached hydrogens (tertiary/aromatic N) is 3. The minimum absolute atomic E-state index is 0.0361. The Labute approximate surface area is 165 Å². The third kappa shape index (κ3) is 3.48. The minimum Gasteiger partial charge on any atom is -0.306 e. The van der Waals surface area contributed by atoms with Crippen molar-refractivity contribution < 1.29 is 0 Å². The van der Waals surface area contributed by atoms with Gasteiger partial charge < -0.3 is 4.98 Å². The third-order valence-electron chi connectivity index (χ3n) is 4.24. The molecule has 1 N–H and O–H groups in total. The Balaban J connectivity index is 1.61. The van der Waals surface area contributed by atoms with Crippen LogP contribution in [0.25, 0.3) is 10.7 Å². The highest BCUT2D eigenvalue weighted by atomic mass is 79.9. The fraction of sp³-hybridized carbons (Fsp3) is 0.235. The van der Waals surface area contributed by atoms with Crippen molar-refractivity contribution in [3.05, 3.63) is 66.0 Å². The first-order valence-electron chi connectivity index (χ1n) is 7.78. The molecule has 0 fully saturated rings. The molecule has 0 aromatic carbocycles. The molecule has 0 bridgehead atoms. The molecule has 0 amide bonds. The van der Waals surface area contributed by atoms with Gasteiger partial charge in [0.2, 0.25) is 0 Å². The molecule has 0 aliphatic carbocycles. The lowest BCUT2D eigenvalue weighted by molar-refractivity contribution is 0.241. The monoisotopic (exact) mass is 480 g/mol. The van der Waals surface area contributed by atoms with E-state index in [4.69, 9.17) is 4.98 Å². The molecule has 0 spiro atoms. The number of thiophene rings is 1. The summed E-state index contributed by atoms with van der Waals surface area (Å²) in [6.07, 6.45) is 4.36. The number of fused-ring (bicyclic) bond motifs is 1. The predicted molar refractivity (Wildman–Crippen MR) is 106 cm³/mol. The molecule has 1 aliphatic heterocycles. The summed E-state index contributed by atoms with van der Waals surface area (Å²) in [6.45, 7) is 2.22. The van der Waals surface area contributed by atoms with Crippen LogP contribution in [0, 0.1) is 0 Å². The van der Waals surface area contributed by atoms with Crippen molar-refractivity contribution in [1.29, 1.82) is 0 Å². The maximum absolute atomic E-state index is 12.6. The number of halogens is 2. The van der Waals surface area contributed by atoms with E-state index in [2.05, 4.69) is 46.7 Å². The molecule has 128 valence electrons. The summed E-state index contributed by atoms with van der Waals surface area (Å²) >= 11 is 8.69. The van der Waals surface area contributed by atoms with Crippen LogP contribution in [0.4, 0.5) is 0 Å².